The second-order valence-corrected chi connectivity index (χ2v) is 5.89. The molecule has 1 fully saturated rings. The Kier molecular flexibility index (Phi) is 14.5. The van der Waals surface area contributed by atoms with Crippen LogP contribution < -0.4 is 10.6 Å². The first kappa shape index (κ1) is 21.9. The number of likely N-dealkylation sites (N-methyl/N-ethyl adjacent to an activating group) is 1. The van der Waals surface area contributed by atoms with E-state index in [0.29, 0.717) is 6.04 Å². The summed E-state index contributed by atoms with van der Waals surface area (Å²) in [7, 11) is 3.88. The number of ether oxygens (including phenoxy) is 1. The van der Waals surface area contributed by atoms with Crippen LogP contribution in [0, 0.1) is 0 Å². The van der Waals surface area contributed by atoms with Crippen molar-refractivity contribution in [2.75, 3.05) is 46.9 Å². The largest absolute Gasteiger partial charge is 0.383 e. The van der Waals surface area contributed by atoms with Gasteiger partial charge in [0.15, 0.2) is 5.96 Å². The molecule has 0 radical (unpaired) electrons. The molecule has 2 N–H and O–H groups in total. The molecule has 0 bridgehead atoms. The summed E-state index contributed by atoms with van der Waals surface area (Å²) in [6.07, 6.45) is 7.73. The quantitative estimate of drug-likeness (QED) is 0.258. The minimum Gasteiger partial charge on any atom is -0.383 e. The molecule has 0 spiro atoms. The van der Waals surface area contributed by atoms with E-state index < -0.39 is 0 Å². The Hall–Kier alpha value is -0.0800. The second kappa shape index (κ2) is 14.5. The third-order valence-electron chi connectivity index (χ3n) is 3.94. The molecule has 1 saturated carbocycles. The number of halogens is 1. The second-order valence-electron chi connectivity index (χ2n) is 5.89. The molecular weight excluding hydrogens is 391 g/mol. The first-order valence-electron chi connectivity index (χ1n) is 8.48. The zero-order valence-electron chi connectivity index (χ0n) is 14.6. The van der Waals surface area contributed by atoms with Crippen LogP contribution in [0.2, 0.25) is 0 Å². The highest BCUT2D eigenvalue weighted by Gasteiger charge is 2.14. The first-order chi connectivity index (χ1) is 10.3. The molecule has 0 heterocycles. The highest BCUT2D eigenvalue weighted by molar-refractivity contribution is 14.0. The molecular formula is C16H35IN4O. The van der Waals surface area contributed by atoms with Crippen molar-refractivity contribution in [3.05, 3.63) is 0 Å². The number of methoxy groups -OCH3 is 1. The molecule has 0 atom stereocenters. The molecule has 0 aliphatic heterocycles. The van der Waals surface area contributed by atoms with Gasteiger partial charge in [-0.25, -0.2) is 0 Å². The molecule has 0 unspecified atom stereocenters. The van der Waals surface area contributed by atoms with E-state index >= 15 is 0 Å². The molecule has 1 aliphatic carbocycles. The average molecular weight is 426 g/mol. The summed E-state index contributed by atoms with van der Waals surface area (Å²) in [5.41, 5.74) is 0. The molecule has 1 rings (SSSR count). The first-order valence-corrected chi connectivity index (χ1v) is 8.48. The Bertz CT molecular complexity index is 283. The van der Waals surface area contributed by atoms with Crippen molar-refractivity contribution in [1.82, 2.24) is 15.5 Å². The molecule has 5 nitrogen and oxygen atoms in total. The van der Waals surface area contributed by atoms with Crippen LogP contribution in [0.4, 0.5) is 0 Å². The van der Waals surface area contributed by atoms with Crippen molar-refractivity contribution in [2.45, 2.75) is 51.5 Å². The summed E-state index contributed by atoms with van der Waals surface area (Å²) >= 11 is 0. The van der Waals surface area contributed by atoms with Crippen molar-refractivity contribution in [3.8, 4) is 0 Å². The van der Waals surface area contributed by atoms with Crippen LogP contribution in [-0.4, -0.2) is 63.8 Å². The summed E-state index contributed by atoms with van der Waals surface area (Å²) in [6.45, 7) is 6.77. The van der Waals surface area contributed by atoms with E-state index in [1.807, 2.05) is 0 Å². The number of hydrogen-bond donors (Lipinski definition) is 2. The van der Waals surface area contributed by atoms with E-state index in [1.54, 1.807) is 7.11 Å². The van der Waals surface area contributed by atoms with E-state index in [4.69, 9.17) is 9.73 Å². The van der Waals surface area contributed by atoms with Crippen molar-refractivity contribution in [2.24, 2.45) is 4.99 Å². The van der Waals surface area contributed by atoms with Gasteiger partial charge in [-0.15, -0.1) is 24.0 Å². The van der Waals surface area contributed by atoms with E-state index in [2.05, 4.69) is 29.5 Å². The van der Waals surface area contributed by atoms with E-state index in [-0.39, 0.29) is 24.0 Å². The maximum absolute atomic E-state index is 5.08. The fraction of sp³-hybridized carbons (Fsp3) is 0.938. The van der Waals surface area contributed by atoms with Crippen molar-refractivity contribution >= 4 is 29.9 Å². The maximum atomic E-state index is 5.08. The van der Waals surface area contributed by atoms with Crippen LogP contribution in [-0.2, 0) is 4.74 Å². The third-order valence-corrected chi connectivity index (χ3v) is 3.94. The van der Waals surface area contributed by atoms with Gasteiger partial charge in [0, 0.05) is 32.8 Å². The lowest BCUT2D eigenvalue weighted by Crippen LogP contribution is -2.44. The summed E-state index contributed by atoms with van der Waals surface area (Å²) in [4.78, 5) is 6.99. The Balaban J connectivity index is 0.00000441. The monoisotopic (exact) mass is 426 g/mol. The van der Waals surface area contributed by atoms with Crippen LogP contribution in [0.1, 0.15) is 45.4 Å². The molecule has 0 saturated heterocycles. The molecule has 0 amide bonds. The van der Waals surface area contributed by atoms with Gasteiger partial charge < -0.3 is 20.3 Å². The zero-order chi connectivity index (χ0) is 15.3. The topological polar surface area (TPSA) is 48.9 Å². The highest BCUT2D eigenvalue weighted by atomic mass is 127. The fourth-order valence-electron chi connectivity index (χ4n) is 2.65. The van der Waals surface area contributed by atoms with Crippen LogP contribution in [0.25, 0.3) is 0 Å². The lowest BCUT2D eigenvalue weighted by molar-refractivity contribution is 0.161. The minimum atomic E-state index is 0. The number of aliphatic imine (C=N–C) groups is 1. The lowest BCUT2D eigenvalue weighted by atomic mass is 9.96. The Morgan fingerprint density at radius 1 is 1.23 bits per heavy atom. The van der Waals surface area contributed by atoms with Crippen LogP contribution in [0.15, 0.2) is 4.99 Å². The SMILES string of the molecule is CCNC(=NCCCN(C)CCOC)NC1CCCCC1.I. The number of guanidine groups is 1. The molecule has 1 aliphatic rings. The van der Waals surface area contributed by atoms with Gasteiger partial charge in [-0.3, -0.25) is 4.99 Å². The van der Waals surface area contributed by atoms with Gasteiger partial charge in [-0.2, -0.15) is 0 Å². The van der Waals surface area contributed by atoms with Gasteiger partial charge in [0.25, 0.3) is 0 Å². The molecule has 0 aromatic carbocycles. The van der Waals surface area contributed by atoms with Crippen molar-refractivity contribution in [3.63, 3.8) is 0 Å². The van der Waals surface area contributed by atoms with Gasteiger partial charge >= 0.3 is 0 Å². The summed E-state index contributed by atoms with van der Waals surface area (Å²) in [5, 5.41) is 6.94. The molecule has 132 valence electrons. The summed E-state index contributed by atoms with van der Waals surface area (Å²) < 4.78 is 5.08. The van der Waals surface area contributed by atoms with E-state index in [1.165, 1.54) is 32.1 Å². The molecule has 6 heteroatoms. The number of nitrogens with one attached hydrogen (secondary N) is 2. The number of nitrogens with zero attached hydrogens (tertiary/aromatic N) is 2. The summed E-state index contributed by atoms with van der Waals surface area (Å²) in [6, 6.07) is 0.612. The predicted octanol–water partition coefficient (Wildman–Crippen LogP) is 2.46. The minimum absolute atomic E-state index is 0. The normalized spacial score (nSPS) is 16.5. The average Bonchev–Trinajstić information content (AvgIpc) is 2.50. The van der Waals surface area contributed by atoms with Gasteiger partial charge in [0.05, 0.1) is 6.61 Å². The van der Waals surface area contributed by atoms with Gasteiger partial charge in [0.2, 0.25) is 0 Å². The standard InChI is InChI=1S/C16H34N4O.HI/c1-4-17-16(19-15-9-6-5-7-10-15)18-11-8-12-20(2)13-14-21-3;/h15H,4-14H2,1-3H3,(H2,17,18,19);1H. The maximum Gasteiger partial charge on any atom is 0.191 e. The smallest absolute Gasteiger partial charge is 0.191 e. The fourth-order valence-corrected chi connectivity index (χ4v) is 2.65. The highest BCUT2D eigenvalue weighted by Crippen LogP contribution is 2.17. The van der Waals surface area contributed by atoms with E-state index in [0.717, 1.165) is 45.2 Å². The van der Waals surface area contributed by atoms with Crippen LogP contribution >= 0.6 is 24.0 Å². The zero-order valence-corrected chi connectivity index (χ0v) is 16.9. The molecule has 0 aromatic rings. The summed E-state index contributed by atoms with van der Waals surface area (Å²) in [5.74, 6) is 0.990. The predicted molar refractivity (Wildman–Crippen MR) is 105 cm³/mol. The van der Waals surface area contributed by atoms with Gasteiger partial charge in [-0.1, -0.05) is 19.3 Å². The molecule has 0 aromatic heterocycles. The van der Waals surface area contributed by atoms with Crippen molar-refractivity contribution in [1.29, 1.82) is 0 Å². The number of hydrogen-bond acceptors (Lipinski definition) is 3. The Labute approximate surface area is 153 Å². The van der Waals surface area contributed by atoms with E-state index in [9.17, 15) is 0 Å². The van der Waals surface area contributed by atoms with Crippen LogP contribution in [0.3, 0.4) is 0 Å². The molecule has 22 heavy (non-hydrogen) atoms. The van der Waals surface area contributed by atoms with Crippen LogP contribution in [0.5, 0.6) is 0 Å². The third kappa shape index (κ3) is 10.6. The Morgan fingerprint density at radius 2 is 1.95 bits per heavy atom. The Morgan fingerprint density at radius 3 is 2.59 bits per heavy atom. The van der Waals surface area contributed by atoms with Crippen molar-refractivity contribution < 1.29 is 4.74 Å². The van der Waals surface area contributed by atoms with Gasteiger partial charge in [-0.05, 0) is 39.8 Å². The number of rotatable bonds is 9. The lowest BCUT2D eigenvalue weighted by Gasteiger charge is -2.25. The van der Waals surface area contributed by atoms with Gasteiger partial charge in [0.1, 0.15) is 0 Å².